The van der Waals surface area contributed by atoms with Crippen LogP contribution < -0.4 is 5.73 Å². The molecule has 0 aliphatic heterocycles. The van der Waals surface area contributed by atoms with E-state index in [1.54, 1.807) is 6.92 Å². The summed E-state index contributed by atoms with van der Waals surface area (Å²) in [5, 5.41) is 10.7. The molecule has 0 aliphatic rings. The molecule has 0 amide bonds. The molecule has 1 rings (SSSR count). The van der Waals surface area contributed by atoms with Crippen molar-refractivity contribution in [2.45, 2.75) is 6.92 Å². The zero-order valence-electron chi connectivity index (χ0n) is 9.10. The van der Waals surface area contributed by atoms with Gasteiger partial charge in [-0.15, -0.1) is 0 Å². The van der Waals surface area contributed by atoms with Gasteiger partial charge in [0, 0.05) is 17.7 Å². The molecular formula is C11H10N2O4. The SMILES string of the molecule is CCOC(=O)C#Cc1cc(N)ccc1[N+](=O)[O-]. The summed E-state index contributed by atoms with van der Waals surface area (Å²) >= 11 is 0. The number of nitrogens with zero attached hydrogens (tertiary/aromatic N) is 1. The van der Waals surface area contributed by atoms with Gasteiger partial charge in [0.1, 0.15) is 5.56 Å². The highest BCUT2D eigenvalue weighted by Crippen LogP contribution is 2.19. The Morgan fingerprint density at radius 1 is 1.59 bits per heavy atom. The Kier molecular flexibility index (Phi) is 4.06. The van der Waals surface area contributed by atoms with Crippen LogP contribution in [-0.2, 0) is 9.53 Å². The fourth-order valence-corrected chi connectivity index (χ4v) is 1.10. The number of nitro benzene ring substituents is 1. The van der Waals surface area contributed by atoms with Crippen molar-refractivity contribution >= 4 is 17.3 Å². The number of hydrogen-bond donors (Lipinski definition) is 1. The molecule has 0 radical (unpaired) electrons. The molecule has 0 aliphatic carbocycles. The summed E-state index contributed by atoms with van der Waals surface area (Å²) in [6.07, 6.45) is 0. The molecule has 6 heteroatoms. The van der Waals surface area contributed by atoms with Crippen LogP contribution in [0.15, 0.2) is 18.2 Å². The van der Waals surface area contributed by atoms with Gasteiger partial charge in [-0.05, 0) is 25.0 Å². The summed E-state index contributed by atoms with van der Waals surface area (Å²) in [4.78, 5) is 21.1. The minimum absolute atomic E-state index is 0.0862. The Balaban J connectivity index is 3.08. The van der Waals surface area contributed by atoms with Crippen molar-refractivity contribution in [1.82, 2.24) is 0 Å². The second-order valence-corrected chi connectivity index (χ2v) is 3.00. The first-order chi connectivity index (χ1) is 8.04. The third-order valence-electron chi connectivity index (χ3n) is 1.79. The summed E-state index contributed by atoms with van der Waals surface area (Å²) in [7, 11) is 0. The molecule has 0 heterocycles. The highest BCUT2D eigenvalue weighted by atomic mass is 16.6. The standard InChI is InChI=1S/C11H10N2O4/c1-2-17-11(14)6-3-8-7-9(12)4-5-10(8)13(15)16/h4-5,7H,2,12H2,1H3. The van der Waals surface area contributed by atoms with Gasteiger partial charge in [-0.2, -0.15) is 0 Å². The summed E-state index contributed by atoms with van der Waals surface area (Å²) in [5.74, 6) is 3.79. The monoisotopic (exact) mass is 234 g/mol. The minimum atomic E-state index is -0.732. The van der Waals surface area contributed by atoms with E-state index >= 15 is 0 Å². The van der Waals surface area contributed by atoms with Crippen LogP contribution in [0.1, 0.15) is 12.5 Å². The maximum absolute atomic E-state index is 11.0. The number of rotatable bonds is 2. The highest BCUT2D eigenvalue weighted by Gasteiger charge is 2.11. The van der Waals surface area contributed by atoms with Crippen molar-refractivity contribution in [3.05, 3.63) is 33.9 Å². The van der Waals surface area contributed by atoms with E-state index in [0.29, 0.717) is 5.69 Å². The molecule has 0 saturated heterocycles. The third-order valence-corrected chi connectivity index (χ3v) is 1.79. The lowest BCUT2D eigenvalue weighted by molar-refractivity contribution is -0.385. The van der Waals surface area contributed by atoms with Crippen LogP contribution in [0.3, 0.4) is 0 Å². The molecule has 0 aromatic heterocycles. The fraction of sp³-hybridized carbons (Fsp3) is 0.182. The second-order valence-electron chi connectivity index (χ2n) is 3.00. The van der Waals surface area contributed by atoms with Crippen LogP contribution in [0.4, 0.5) is 11.4 Å². The quantitative estimate of drug-likeness (QED) is 0.272. The molecule has 2 N–H and O–H groups in total. The number of ether oxygens (including phenoxy) is 1. The first-order valence-electron chi connectivity index (χ1n) is 4.77. The van der Waals surface area contributed by atoms with Gasteiger partial charge in [0.15, 0.2) is 0 Å². The zero-order chi connectivity index (χ0) is 12.8. The number of carbonyl (C=O) groups is 1. The molecule has 1 aromatic rings. The van der Waals surface area contributed by atoms with Crippen LogP contribution >= 0.6 is 0 Å². The number of esters is 1. The van der Waals surface area contributed by atoms with E-state index in [4.69, 9.17) is 5.73 Å². The molecule has 0 unspecified atom stereocenters. The van der Waals surface area contributed by atoms with Gasteiger partial charge in [-0.1, -0.05) is 0 Å². The van der Waals surface area contributed by atoms with E-state index < -0.39 is 10.9 Å². The number of nitrogen functional groups attached to an aromatic ring is 1. The third kappa shape index (κ3) is 3.50. The number of nitro groups is 1. The maximum Gasteiger partial charge on any atom is 0.384 e. The van der Waals surface area contributed by atoms with Crippen molar-refractivity contribution in [3.63, 3.8) is 0 Å². The Labute approximate surface area is 97.5 Å². The summed E-state index contributed by atoms with van der Waals surface area (Å²) < 4.78 is 4.58. The summed E-state index contributed by atoms with van der Waals surface area (Å²) in [6, 6.07) is 3.97. The maximum atomic E-state index is 11.0. The summed E-state index contributed by atoms with van der Waals surface area (Å²) in [5.41, 5.74) is 5.71. The van der Waals surface area contributed by atoms with Gasteiger partial charge >= 0.3 is 5.97 Å². The normalized spacial score (nSPS) is 9.00. The molecule has 6 nitrogen and oxygen atoms in total. The van der Waals surface area contributed by atoms with Crippen molar-refractivity contribution in [2.24, 2.45) is 0 Å². The molecule has 17 heavy (non-hydrogen) atoms. The Morgan fingerprint density at radius 3 is 2.88 bits per heavy atom. The average Bonchev–Trinajstić information content (AvgIpc) is 2.26. The lowest BCUT2D eigenvalue weighted by Gasteiger charge is -1.97. The lowest BCUT2D eigenvalue weighted by atomic mass is 10.1. The predicted molar refractivity (Wildman–Crippen MR) is 61.0 cm³/mol. The second kappa shape index (κ2) is 5.51. The number of hydrogen-bond acceptors (Lipinski definition) is 5. The van der Waals surface area contributed by atoms with Crippen LogP contribution in [0.25, 0.3) is 0 Å². The van der Waals surface area contributed by atoms with Crippen LogP contribution in [0, 0.1) is 22.0 Å². The van der Waals surface area contributed by atoms with Crippen LogP contribution in [0.2, 0.25) is 0 Å². The van der Waals surface area contributed by atoms with Crippen molar-refractivity contribution < 1.29 is 14.5 Å². The van der Waals surface area contributed by atoms with Gasteiger partial charge in [0.25, 0.3) is 5.69 Å². The number of carbonyl (C=O) groups excluding carboxylic acids is 1. The first kappa shape index (κ1) is 12.5. The van der Waals surface area contributed by atoms with Gasteiger partial charge in [-0.3, -0.25) is 10.1 Å². The largest absolute Gasteiger partial charge is 0.456 e. The molecule has 0 atom stereocenters. The molecule has 0 fully saturated rings. The topological polar surface area (TPSA) is 95.5 Å². The average molecular weight is 234 g/mol. The molecule has 88 valence electrons. The van der Waals surface area contributed by atoms with Crippen molar-refractivity contribution in [1.29, 1.82) is 0 Å². The number of nitrogens with two attached hydrogens (primary N) is 1. The molecule has 1 aromatic carbocycles. The van der Waals surface area contributed by atoms with Crippen LogP contribution in [-0.4, -0.2) is 17.5 Å². The fourth-order valence-electron chi connectivity index (χ4n) is 1.10. The zero-order valence-corrected chi connectivity index (χ0v) is 9.10. The Morgan fingerprint density at radius 2 is 2.29 bits per heavy atom. The Bertz CT molecular complexity index is 514. The lowest BCUT2D eigenvalue weighted by Crippen LogP contribution is -2.00. The van der Waals surface area contributed by atoms with Crippen LogP contribution in [0.5, 0.6) is 0 Å². The number of anilines is 1. The van der Waals surface area contributed by atoms with E-state index in [1.807, 2.05) is 0 Å². The summed E-state index contributed by atoms with van der Waals surface area (Å²) in [6.45, 7) is 1.84. The van der Waals surface area contributed by atoms with Gasteiger partial charge in [0.2, 0.25) is 0 Å². The van der Waals surface area contributed by atoms with Crippen molar-refractivity contribution in [2.75, 3.05) is 12.3 Å². The predicted octanol–water partition coefficient (Wildman–Crippen LogP) is 1.09. The molecular weight excluding hydrogens is 224 g/mol. The molecule has 0 spiro atoms. The van der Waals surface area contributed by atoms with E-state index in [9.17, 15) is 14.9 Å². The number of benzene rings is 1. The highest BCUT2D eigenvalue weighted by molar-refractivity contribution is 5.89. The molecule has 0 saturated carbocycles. The van der Waals surface area contributed by atoms with E-state index in [1.165, 1.54) is 18.2 Å². The van der Waals surface area contributed by atoms with Gasteiger partial charge in [-0.25, -0.2) is 4.79 Å². The first-order valence-corrected chi connectivity index (χ1v) is 4.77. The van der Waals surface area contributed by atoms with Gasteiger partial charge < -0.3 is 10.5 Å². The van der Waals surface area contributed by atoms with E-state index in [-0.39, 0.29) is 17.9 Å². The van der Waals surface area contributed by atoms with Crippen molar-refractivity contribution in [3.8, 4) is 11.8 Å². The van der Waals surface area contributed by atoms with E-state index in [0.717, 1.165) is 0 Å². The minimum Gasteiger partial charge on any atom is -0.456 e. The smallest absolute Gasteiger partial charge is 0.384 e. The Hall–Kier alpha value is -2.55. The molecule has 0 bridgehead atoms. The van der Waals surface area contributed by atoms with Gasteiger partial charge in [0.05, 0.1) is 11.5 Å². The van der Waals surface area contributed by atoms with E-state index in [2.05, 4.69) is 16.6 Å².